The minimum atomic E-state index is 0.298. The lowest BCUT2D eigenvalue weighted by Gasteiger charge is -2.52. The van der Waals surface area contributed by atoms with Crippen molar-refractivity contribution in [2.24, 2.45) is 0 Å². The third-order valence-electron chi connectivity index (χ3n) is 4.91. The Kier molecular flexibility index (Phi) is 3.42. The van der Waals surface area contributed by atoms with Crippen molar-refractivity contribution in [3.05, 3.63) is 0 Å². The van der Waals surface area contributed by atoms with Gasteiger partial charge < -0.3 is 10.1 Å². The molecule has 3 fully saturated rings. The van der Waals surface area contributed by atoms with Crippen molar-refractivity contribution in [2.75, 3.05) is 26.2 Å². The number of ether oxygens (including phenoxy) is 1. The van der Waals surface area contributed by atoms with E-state index in [1.165, 1.54) is 58.2 Å². The largest absolute Gasteiger partial charge is 0.375 e. The van der Waals surface area contributed by atoms with Crippen LogP contribution in [0.2, 0.25) is 0 Å². The van der Waals surface area contributed by atoms with Crippen LogP contribution in [0, 0.1) is 0 Å². The molecular weight excluding hydrogens is 212 g/mol. The van der Waals surface area contributed by atoms with Crippen LogP contribution in [-0.2, 0) is 4.74 Å². The Morgan fingerprint density at radius 1 is 1.29 bits per heavy atom. The Bertz CT molecular complexity index is 261. The van der Waals surface area contributed by atoms with Crippen molar-refractivity contribution < 1.29 is 4.74 Å². The minimum Gasteiger partial charge on any atom is -0.375 e. The maximum absolute atomic E-state index is 6.05. The third kappa shape index (κ3) is 2.25. The normalized spacial score (nSPS) is 32.5. The first-order valence-corrected chi connectivity index (χ1v) is 7.43. The molecule has 3 heteroatoms. The summed E-state index contributed by atoms with van der Waals surface area (Å²) in [5.74, 6) is 0. The quantitative estimate of drug-likeness (QED) is 0.808. The van der Waals surface area contributed by atoms with Crippen LogP contribution >= 0.6 is 0 Å². The number of rotatable bonds is 4. The second-order valence-corrected chi connectivity index (χ2v) is 6.08. The second kappa shape index (κ2) is 4.87. The maximum Gasteiger partial charge on any atom is 0.0697 e. The molecule has 0 radical (unpaired) electrons. The highest BCUT2D eigenvalue weighted by molar-refractivity contribution is 4.99. The molecule has 2 heterocycles. The van der Waals surface area contributed by atoms with Crippen LogP contribution in [0.5, 0.6) is 0 Å². The topological polar surface area (TPSA) is 24.5 Å². The van der Waals surface area contributed by atoms with Crippen molar-refractivity contribution in [1.82, 2.24) is 10.2 Å². The van der Waals surface area contributed by atoms with E-state index in [1.54, 1.807) is 0 Å². The van der Waals surface area contributed by atoms with Gasteiger partial charge in [-0.15, -0.1) is 0 Å². The van der Waals surface area contributed by atoms with Crippen LogP contribution in [-0.4, -0.2) is 48.8 Å². The van der Waals surface area contributed by atoms with Crippen molar-refractivity contribution in [2.45, 2.75) is 63.1 Å². The van der Waals surface area contributed by atoms with E-state index in [2.05, 4.69) is 17.1 Å². The van der Waals surface area contributed by atoms with E-state index in [-0.39, 0.29) is 0 Å². The van der Waals surface area contributed by atoms with Crippen molar-refractivity contribution in [3.8, 4) is 0 Å². The zero-order chi connectivity index (χ0) is 11.7. The van der Waals surface area contributed by atoms with E-state index in [0.29, 0.717) is 5.60 Å². The third-order valence-corrected chi connectivity index (χ3v) is 4.91. The molecule has 1 aliphatic carbocycles. The number of nitrogens with one attached hydrogen (secondary N) is 1. The van der Waals surface area contributed by atoms with Gasteiger partial charge in [0.05, 0.1) is 5.60 Å². The first kappa shape index (κ1) is 11.9. The van der Waals surface area contributed by atoms with Gasteiger partial charge in [-0.2, -0.15) is 0 Å². The molecule has 17 heavy (non-hydrogen) atoms. The minimum absolute atomic E-state index is 0.298. The summed E-state index contributed by atoms with van der Waals surface area (Å²) in [6, 6.07) is 1.59. The first-order valence-electron chi connectivity index (χ1n) is 7.43. The molecule has 1 spiro atoms. The van der Waals surface area contributed by atoms with Crippen molar-refractivity contribution in [3.63, 3.8) is 0 Å². The fourth-order valence-corrected chi connectivity index (χ4v) is 3.63. The summed E-state index contributed by atoms with van der Waals surface area (Å²) in [5.41, 5.74) is 0.298. The predicted molar refractivity (Wildman–Crippen MR) is 69.2 cm³/mol. The molecule has 0 bridgehead atoms. The molecule has 0 amide bonds. The molecule has 98 valence electrons. The number of nitrogens with zero attached hydrogens (tertiary/aromatic N) is 1. The lowest BCUT2D eigenvalue weighted by molar-refractivity contribution is -0.153. The van der Waals surface area contributed by atoms with E-state index in [1.807, 2.05) is 0 Å². The van der Waals surface area contributed by atoms with Crippen LogP contribution in [0.3, 0.4) is 0 Å². The average Bonchev–Trinajstić information content (AvgIpc) is 2.24. The van der Waals surface area contributed by atoms with E-state index >= 15 is 0 Å². The van der Waals surface area contributed by atoms with Gasteiger partial charge in [-0.05, 0) is 45.1 Å². The molecule has 3 rings (SSSR count). The van der Waals surface area contributed by atoms with Gasteiger partial charge in [-0.1, -0.05) is 6.92 Å². The summed E-state index contributed by atoms with van der Waals surface area (Å²) in [6.07, 6.45) is 7.83. The molecule has 1 saturated carbocycles. The van der Waals surface area contributed by atoms with E-state index in [4.69, 9.17) is 4.74 Å². The number of hydrogen-bond donors (Lipinski definition) is 1. The van der Waals surface area contributed by atoms with E-state index in [0.717, 1.165) is 18.7 Å². The highest BCUT2D eigenvalue weighted by Crippen LogP contribution is 2.43. The van der Waals surface area contributed by atoms with Crippen LogP contribution < -0.4 is 5.32 Å². The Balaban J connectivity index is 1.63. The van der Waals surface area contributed by atoms with E-state index < -0.39 is 0 Å². The van der Waals surface area contributed by atoms with Gasteiger partial charge in [0, 0.05) is 31.8 Å². The summed E-state index contributed by atoms with van der Waals surface area (Å²) in [4.78, 5) is 2.78. The Morgan fingerprint density at radius 2 is 2.12 bits per heavy atom. The molecule has 3 nitrogen and oxygen atoms in total. The zero-order valence-electron chi connectivity index (χ0n) is 11.1. The zero-order valence-corrected chi connectivity index (χ0v) is 11.1. The van der Waals surface area contributed by atoms with Gasteiger partial charge in [0.2, 0.25) is 0 Å². The van der Waals surface area contributed by atoms with Gasteiger partial charge in [0.1, 0.15) is 0 Å². The van der Waals surface area contributed by atoms with Crippen molar-refractivity contribution >= 4 is 0 Å². The Morgan fingerprint density at radius 3 is 2.65 bits per heavy atom. The lowest BCUT2D eigenvalue weighted by atomic mass is 9.73. The molecular formula is C14H26N2O. The Labute approximate surface area is 105 Å². The fraction of sp³-hybridized carbons (Fsp3) is 1.00. The molecule has 0 aromatic rings. The van der Waals surface area contributed by atoms with Gasteiger partial charge in [0.15, 0.2) is 0 Å². The van der Waals surface area contributed by atoms with Gasteiger partial charge in [0.25, 0.3) is 0 Å². The molecule has 1 atom stereocenters. The van der Waals surface area contributed by atoms with Crippen LogP contribution in [0.25, 0.3) is 0 Å². The smallest absolute Gasteiger partial charge is 0.0697 e. The number of hydrogen-bond acceptors (Lipinski definition) is 3. The standard InChI is InChI=1S/C14H26N2O/c1-2-7-16(13-10-15-11-13)12-4-8-17-14(9-12)5-3-6-14/h12-13,15H,2-11H2,1H3. The molecule has 0 aromatic heterocycles. The SMILES string of the molecule is CCCN(C1CNC1)C1CCOC2(CCC2)C1. The summed E-state index contributed by atoms with van der Waals surface area (Å²) >= 11 is 0. The second-order valence-electron chi connectivity index (χ2n) is 6.08. The van der Waals surface area contributed by atoms with Crippen LogP contribution in [0.1, 0.15) is 45.4 Å². The molecule has 0 aromatic carbocycles. The van der Waals surface area contributed by atoms with Gasteiger partial charge in [-0.3, -0.25) is 4.90 Å². The highest BCUT2D eigenvalue weighted by Gasteiger charge is 2.45. The molecule has 1 N–H and O–H groups in total. The summed E-state index contributed by atoms with van der Waals surface area (Å²) in [6.45, 7) is 6.96. The Hall–Kier alpha value is -0.120. The van der Waals surface area contributed by atoms with Gasteiger partial charge in [-0.25, -0.2) is 0 Å². The molecule has 1 unspecified atom stereocenters. The first-order chi connectivity index (χ1) is 8.33. The highest BCUT2D eigenvalue weighted by atomic mass is 16.5. The summed E-state index contributed by atoms with van der Waals surface area (Å²) in [7, 11) is 0. The van der Waals surface area contributed by atoms with Crippen LogP contribution in [0.15, 0.2) is 0 Å². The van der Waals surface area contributed by atoms with E-state index in [9.17, 15) is 0 Å². The molecule has 3 aliphatic rings. The summed E-state index contributed by atoms with van der Waals surface area (Å²) in [5, 5.41) is 3.41. The maximum atomic E-state index is 6.05. The molecule has 2 aliphatic heterocycles. The molecule has 2 saturated heterocycles. The predicted octanol–water partition coefficient (Wildman–Crippen LogP) is 1.77. The van der Waals surface area contributed by atoms with Crippen LogP contribution in [0.4, 0.5) is 0 Å². The fourth-order valence-electron chi connectivity index (χ4n) is 3.63. The average molecular weight is 238 g/mol. The monoisotopic (exact) mass is 238 g/mol. The summed E-state index contributed by atoms with van der Waals surface area (Å²) < 4.78 is 6.05. The van der Waals surface area contributed by atoms with Crippen molar-refractivity contribution in [1.29, 1.82) is 0 Å². The van der Waals surface area contributed by atoms with Gasteiger partial charge >= 0.3 is 0 Å². The lowest BCUT2D eigenvalue weighted by Crippen LogP contribution is -2.62.